The van der Waals surface area contributed by atoms with E-state index in [9.17, 15) is 30.3 Å². The Kier molecular flexibility index (Phi) is 7.89. The molecular weight excluding hydrogens is 320 g/mol. The molecule has 0 spiro atoms. The summed E-state index contributed by atoms with van der Waals surface area (Å²) in [5.41, 5.74) is 0. The largest absolute Gasteiger partial charge is 0.394 e. The van der Waals surface area contributed by atoms with Crippen molar-refractivity contribution in [3.63, 3.8) is 0 Å². The normalized spacial score (nSPS) is 35.6. The number of aliphatic hydroxyl groups is 8. The van der Waals surface area contributed by atoms with Gasteiger partial charge in [0.2, 0.25) is 0 Å². The fourth-order valence-electron chi connectivity index (χ4n) is 1.96. The van der Waals surface area contributed by atoms with Crippen molar-refractivity contribution in [3.05, 3.63) is 0 Å². The van der Waals surface area contributed by atoms with Gasteiger partial charge in [-0.3, -0.25) is 4.79 Å². The van der Waals surface area contributed by atoms with Crippen LogP contribution in [0.3, 0.4) is 0 Å². The van der Waals surface area contributed by atoms with Gasteiger partial charge in [0.15, 0.2) is 12.1 Å². The monoisotopic (exact) mass is 342 g/mol. The highest BCUT2D eigenvalue weighted by atomic mass is 16.7. The van der Waals surface area contributed by atoms with Gasteiger partial charge in [-0.2, -0.15) is 0 Å². The van der Waals surface area contributed by atoms with Gasteiger partial charge in [0.1, 0.15) is 49.3 Å². The van der Waals surface area contributed by atoms with Crippen molar-refractivity contribution in [2.24, 2.45) is 0 Å². The molecule has 0 aliphatic carbocycles. The number of Topliss-reactive ketones (excluding diaryl/α,β-unsaturated/α-hetero) is 1. The van der Waals surface area contributed by atoms with Gasteiger partial charge in [0, 0.05) is 0 Å². The van der Waals surface area contributed by atoms with Gasteiger partial charge in [-0.1, -0.05) is 0 Å². The van der Waals surface area contributed by atoms with E-state index in [4.69, 9.17) is 24.8 Å². The summed E-state index contributed by atoms with van der Waals surface area (Å²) < 4.78 is 9.85. The first-order chi connectivity index (χ1) is 10.7. The quantitative estimate of drug-likeness (QED) is 0.209. The molecule has 1 saturated heterocycles. The molecule has 0 aromatic carbocycles. The van der Waals surface area contributed by atoms with Crippen LogP contribution in [0, 0.1) is 0 Å². The van der Waals surface area contributed by atoms with Crippen LogP contribution < -0.4 is 0 Å². The van der Waals surface area contributed by atoms with E-state index in [2.05, 4.69) is 0 Å². The summed E-state index contributed by atoms with van der Waals surface area (Å²) in [6.07, 6.45) is -13.5. The fraction of sp³-hybridized carbons (Fsp3) is 0.917. The third kappa shape index (κ3) is 4.87. The predicted molar refractivity (Wildman–Crippen MR) is 69.8 cm³/mol. The Morgan fingerprint density at radius 3 is 2.17 bits per heavy atom. The lowest BCUT2D eigenvalue weighted by molar-refractivity contribution is -0.299. The lowest BCUT2D eigenvalue weighted by Crippen LogP contribution is -2.59. The first-order valence-electron chi connectivity index (χ1n) is 6.84. The number of ketones is 1. The van der Waals surface area contributed by atoms with Crippen LogP contribution in [0.15, 0.2) is 0 Å². The number of carbonyl (C=O) groups excluding carboxylic acids is 1. The second-order valence-electron chi connectivity index (χ2n) is 5.16. The average Bonchev–Trinajstić information content (AvgIpc) is 2.56. The van der Waals surface area contributed by atoms with Crippen molar-refractivity contribution >= 4 is 5.78 Å². The summed E-state index contributed by atoms with van der Waals surface area (Å²) in [6, 6.07) is 0. The van der Waals surface area contributed by atoms with Crippen LogP contribution >= 0.6 is 0 Å². The molecule has 8 N–H and O–H groups in total. The van der Waals surface area contributed by atoms with E-state index < -0.39 is 74.6 Å². The third-order valence-corrected chi connectivity index (χ3v) is 3.47. The molecular formula is C12H22O11. The van der Waals surface area contributed by atoms with E-state index in [1.807, 2.05) is 0 Å². The second-order valence-corrected chi connectivity index (χ2v) is 5.16. The van der Waals surface area contributed by atoms with Crippen LogP contribution in [-0.2, 0) is 14.3 Å². The molecule has 1 aliphatic heterocycles. The molecule has 8 atom stereocenters. The second kappa shape index (κ2) is 8.94. The van der Waals surface area contributed by atoms with E-state index in [0.29, 0.717) is 0 Å². The zero-order chi connectivity index (χ0) is 17.7. The molecule has 1 fully saturated rings. The van der Waals surface area contributed by atoms with E-state index in [1.54, 1.807) is 0 Å². The summed E-state index contributed by atoms with van der Waals surface area (Å²) in [4.78, 5) is 11.6. The topological polar surface area (TPSA) is 197 Å². The molecule has 8 unspecified atom stereocenters. The molecule has 11 nitrogen and oxygen atoms in total. The van der Waals surface area contributed by atoms with Crippen molar-refractivity contribution < 1.29 is 55.1 Å². The standard InChI is InChI=1S/C12H22O11/c13-1-4(15)7(17)8(18)5(16)3-22-12-11(21)10(20)9(19)6(2-14)23-12/h4,6-15,17-21H,1-3H2. The van der Waals surface area contributed by atoms with Crippen molar-refractivity contribution in [1.29, 1.82) is 0 Å². The maximum absolute atomic E-state index is 11.6. The van der Waals surface area contributed by atoms with Crippen molar-refractivity contribution in [2.45, 2.75) is 49.0 Å². The number of aliphatic hydroxyl groups excluding tert-OH is 8. The van der Waals surface area contributed by atoms with Gasteiger partial charge in [0.25, 0.3) is 0 Å². The summed E-state index contributed by atoms with van der Waals surface area (Å²) in [5.74, 6) is -1.08. The summed E-state index contributed by atoms with van der Waals surface area (Å²) >= 11 is 0. The molecule has 1 heterocycles. The Labute approximate surface area is 130 Å². The molecule has 1 rings (SSSR count). The van der Waals surface area contributed by atoms with Crippen LogP contribution in [0.5, 0.6) is 0 Å². The average molecular weight is 342 g/mol. The highest BCUT2D eigenvalue weighted by Gasteiger charge is 2.44. The third-order valence-electron chi connectivity index (χ3n) is 3.47. The molecule has 0 amide bonds. The highest BCUT2D eigenvalue weighted by Crippen LogP contribution is 2.22. The Hall–Kier alpha value is -0.730. The molecule has 1 aliphatic rings. The van der Waals surface area contributed by atoms with Crippen LogP contribution in [0.1, 0.15) is 0 Å². The number of carbonyl (C=O) groups is 1. The van der Waals surface area contributed by atoms with E-state index in [0.717, 1.165) is 0 Å². The van der Waals surface area contributed by atoms with Gasteiger partial charge >= 0.3 is 0 Å². The van der Waals surface area contributed by atoms with Crippen molar-refractivity contribution in [2.75, 3.05) is 19.8 Å². The van der Waals surface area contributed by atoms with Crippen LogP contribution in [0.4, 0.5) is 0 Å². The zero-order valence-corrected chi connectivity index (χ0v) is 12.0. The summed E-state index contributed by atoms with van der Waals surface area (Å²) in [7, 11) is 0. The minimum absolute atomic E-state index is 0.678. The number of rotatable bonds is 8. The molecule has 0 saturated carbocycles. The van der Waals surface area contributed by atoms with Gasteiger partial charge in [0.05, 0.1) is 13.2 Å². The minimum Gasteiger partial charge on any atom is -0.394 e. The predicted octanol–water partition coefficient (Wildman–Crippen LogP) is -5.55. The van der Waals surface area contributed by atoms with Crippen molar-refractivity contribution in [1.82, 2.24) is 0 Å². The molecule has 23 heavy (non-hydrogen) atoms. The lowest BCUT2D eigenvalue weighted by Gasteiger charge is -2.39. The first-order valence-corrected chi connectivity index (χ1v) is 6.84. The van der Waals surface area contributed by atoms with Gasteiger partial charge in [-0.05, 0) is 0 Å². The fourth-order valence-corrected chi connectivity index (χ4v) is 1.96. The van der Waals surface area contributed by atoms with Gasteiger partial charge in [-0.25, -0.2) is 0 Å². The van der Waals surface area contributed by atoms with E-state index in [-0.39, 0.29) is 0 Å². The first kappa shape index (κ1) is 20.3. The van der Waals surface area contributed by atoms with Crippen LogP contribution in [0.2, 0.25) is 0 Å². The molecule has 136 valence electrons. The zero-order valence-electron chi connectivity index (χ0n) is 12.0. The summed E-state index contributed by atoms with van der Waals surface area (Å²) in [5, 5.41) is 74.4. The molecule has 0 aromatic rings. The molecule has 0 aromatic heterocycles. The Morgan fingerprint density at radius 2 is 1.65 bits per heavy atom. The smallest absolute Gasteiger partial charge is 0.189 e. The van der Waals surface area contributed by atoms with Gasteiger partial charge < -0.3 is 50.3 Å². The molecule has 0 radical (unpaired) electrons. The molecule has 0 bridgehead atoms. The Bertz CT molecular complexity index is 376. The maximum atomic E-state index is 11.6. The summed E-state index contributed by atoms with van der Waals surface area (Å²) in [6.45, 7) is -2.42. The Balaban J connectivity index is 2.57. The van der Waals surface area contributed by atoms with Crippen LogP contribution in [0.25, 0.3) is 0 Å². The number of hydrogen-bond acceptors (Lipinski definition) is 11. The van der Waals surface area contributed by atoms with Gasteiger partial charge in [-0.15, -0.1) is 0 Å². The molecule has 11 heteroatoms. The van der Waals surface area contributed by atoms with Crippen molar-refractivity contribution in [3.8, 4) is 0 Å². The SMILES string of the molecule is O=C(COC1OC(CO)C(O)C(O)C1O)C(O)C(O)C(O)CO. The van der Waals surface area contributed by atoms with E-state index >= 15 is 0 Å². The number of ether oxygens (including phenoxy) is 2. The lowest BCUT2D eigenvalue weighted by atomic mass is 9.99. The highest BCUT2D eigenvalue weighted by molar-refractivity contribution is 5.84. The van der Waals surface area contributed by atoms with E-state index in [1.165, 1.54) is 0 Å². The minimum atomic E-state index is -2.05. The van der Waals surface area contributed by atoms with Crippen LogP contribution in [-0.4, -0.2) is 115 Å². The Morgan fingerprint density at radius 1 is 1.04 bits per heavy atom. The number of hydrogen-bond donors (Lipinski definition) is 8. The maximum Gasteiger partial charge on any atom is 0.189 e.